The molecule has 0 amide bonds. The van der Waals surface area contributed by atoms with E-state index in [4.69, 9.17) is 11.0 Å². The average Bonchev–Trinajstić information content (AvgIpc) is 2.48. The molecule has 6 heteroatoms. The number of anilines is 2. The Labute approximate surface area is 122 Å². The van der Waals surface area contributed by atoms with E-state index in [1.807, 2.05) is 25.1 Å². The number of nitrogens with one attached hydrogen (secondary N) is 1. The molecular formula is C15H14N4O2. The standard InChI is InChI=1S/C15H14N4O2/c1-10(11-2-4-13(17)5-3-11)18-15-7-6-14(19(20)21)8-12(15)9-16/h2-8,10,18H,17H2,1H3. The van der Waals surface area contributed by atoms with Crippen LogP contribution in [0.2, 0.25) is 0 Å². The molecule has 0 aliphatic rings. The molecule has 2 aromatic rings. The van der Waals surface area contributed by atoms with Crippen molar-refractivity contribution in [3.05, 3.63) is 63.7 Å². The van der Waals surface area contributed by atoms with Gasteiger partial charge in [-0.1, -0.05) is 12.1 Å². The lowest BCUT2D eigenvalue weighted by Gasteiger charge is -2.16. The Hall–Kier alpha value is -3.07. The van der Waals surface area contributed by atoms with Crippen molar-refractivity contribution in [2.45, 2.75) is 13.0 Å². The Morgan fingerprint density at radius 1 is 1.29 bits per heavy atom. The average molecular weight is 282 g/mol. The minimum atomic E-state index is -0.520. The number of nitro benzene ring substituents is 1. The molecule has 0 aromatic heterocycles. The fourth-order valence-corrected chi connectivity index (χ4v) is 1.97. The highest BCUT2D eigenvalue weighted by Crippen LogP contribution is 2.26. The third-order valence-corrected chi connectivity index (χ3v) is 3.14. The molecule has 3 N–H and O–H groups in total. The van der Waals surface area contributed by atoms with Gasteiger partial charge in [0.2, 0.25) is 0 Å². The number of non-ortho nitro benzene ring substituents is 1. The van der Waals surface area contributed by atoms with Gasteiger partial charge in [0.05, 0.1) is 16.2 Å². The van der Waals surface area contributed by atoms with Crippen LogP contribution in [0.5, 0.6) is 0 Å². The van der Waals surface area contributed by atoms with Gasteiger partial charge in [-0.25, -0.2) is 0 Å². The molecule has 1 unspecified atom stereocenters. The number of nitrogens with two attached hydrogens (primary N) is 1. The molecule has 0 aliphatic carbocycles. The fourth-order valence-electron chi connectivity index (χ4n) is 1.97. The summed E-state index contributed by atoms with van der Waals surface area (Å²) in [5.41, 5.74) is 8.03. The van der Waals surface area contributed by atoms with E-state index in [9.17, 15) is 10.1 Å². The topological polar surface area (TPSA) is 105 Å². The van der Waals surface area contributed by atoms with Gasteiger partial charge in [-0.15, -0.1) is 0 Å². The van der Waals surface area contributed by atoms with Crippen LogP contribution in [0.4, 0.5) is 17.1 Å². The van der Waals surface area contributed by atoms with Gasteiger partial charge >= 0.3 is 0 Å². The van der Waals surface area contributed by atoms with Gasteiger partial charge in [0.1, 0.15) is 6.07 Å². The first kappa shape index (κ1) is 14.3. The maximum absolute atomic E-state index is 10.7. The second kappa shape index (κ2) is 5.92. The lowest BCUT2D eigenvalue weighted by molar-refractivity contribution is -0.384. The first-order valence-electron chi connectivity index (χ1n) is 6.32. The van der Waals surface area contributed by atoms with Gasteiger partial charge in [0.25, 0.3) is 5.69 Å². The molecule has 2 aromatic carbocycles. The molecule has 0 radical (unpaired) electrons. The van der Waals surface area contributed by atoms with Crippen molar-refractivity contribution in [2.24, 2.45) is 0 Å². The van der Waals surface area contributed by atoms with E-state index >= 15 is 0 Å². The highest BCUT2D eigenvalue weighted by Gasteiger charge is 2.13. The first-order valence-corrected chi connectivity index (χ1v) is 6.32. The number of hydrogen-bond acceptors (Lipinski definition) is 5. The fraction of sp³-hybridized carbons (Fsp3) is 0.133. The minimum Gasteiger partial charge on any atom is -0.399 e. The normalized spacial score (nSPS) is 11.4. The number of benzene rings is 2. The SMILES string of the molecule is CC(Nc1ccc([N+](=O)[O-])cc1C#N)c1ccc(N)cc1. The van der Waals surface area contributed by atoms with Gasteiger partial charge in [0, 0.05) is 23.9 Å². The summed E-state index contributed by atoms with van der Waals surface area (Å²) in [6, 6.07) is 13.5. The van der Waals surface area contributed by atoms with Crippen molar-refractivity contribution in [2.75, 3.05) is 11.1 Å². The zero-order chi connectivity index (χ0) is 15.4. The van der Waals surface area contributed by atoms with Crippen LogP contribution in [0.25, 0.3) is 0 Å². The van der Waals surface area contributed by atoms with E-state index in [0.717, 1.165) is 5.56 Å². The summed E-state index contributed by atoms with van der Waals surface area (Å²) in [6.45, 7) is 1.94. The highest BCUT2D eigenvalue weighted by atomic mass is 16.6. The lowest BCUT2D eigenvalue weighted by Crippen LogP contribution is -2.08. The summed E-state index contributed by atoms with van der Waals surface area (Å²) < 4.78 is 0. The van der Waals surface area contributed by atoms with Gasteiger partial charge in [-0.2, -0.15) is 5.26 Å². The Kier molecular flexibility index (Phi) is 4.05. The summed E-state index contributed by atoms with van der Waals surface area (Å²) in [5, 5.41) is 23.0. The summed E-state index contributed by atoms with van der Waals surface area (Å²) in [6.07, 6.45) is 0. The minimum absolute atomic E-state index is 0.0563. The molecule has 2 rings (SSSR count). The number of rotatable bonds is 4. The third kappa shape index (κ3) is 3.28. The smallest absolute Gasteiger partial charge is 0.270 e. The molecule has 0 bridgehead atoms. The quantitative estimate of drug-likeness (QED) is 0.509. The van der Waals surface area contributed by atoms with Crippen molar-refractivity contribution in [3.63, 3.8) is 0 Å². The largest absolute Gasteiger partial charge is 0.399 e. The van der Waals surface area contributed by atoms with Crippen molar-refractivity contribution in [1.29, 1.82) is 5.26 Å². The van der Waals surface area contributed by atoms with Crippen LogP contribution in [0.3, 0.4) is 0 Å². The Morgan fingerprint density at radius 3 is 2.52 bits per heavy atom. The molecule has 0 aliphatic heterocycles. The van der Waals surface area contributed by atoms with Crippen molar-refractivity contribution < 1.29 is 4.92 Å². The number of hydrogen-bond donors (Lipinski definition) is 2. The molecular weight excluding hydrogens is 268 g/mol. The molecule has 106 valence electrons. The van der Waals surface area contributed by atoms with E-state index in [2.05, 4.69) is 5.32 Å². The molecule has 0 spiro atoms. The van der Waals surface area contributed by atoms with Crippen LogP contribution < -0.4 is 11.1 Å². The van der Waals surface area contributed by atoms with Crippen LogP contribution in [0.15, 0.2) is 42.5 Å². The molecule has 0 heterocycles. The van der Waals surface area contributed by atoms with Crippen molar-refractivity contribution in [3.8, 4) is 6.07 Å². The maximum Gasteiger partial charge on any atom is 0.270 e. The summed E-state index contributed by atoms with van der Waals surface area (Å²) >= 11 is 0. The zero-order valence-electron chi connectivity index (χ0n) is 11.4. The van der Waals surface area contributed by atoms with E-state index in [-0.39, 0.29) is 17.3 Å². The number of nitro groups is 1. The second-order valence-corrected chi connectivity index (χ2v) is 4.63. The Balaban J connectivity index is 2.25. The zero-order valence-corrected chi connectivity index (χ0v) is 11.4. The molecule has 1 atom stereocenters. The summed E-state index contributed by atoms with van der Waals surface area (Å²) in [7, 11) is 0. The van der Waals surface area contributed by atoms with Gasteiger partial charge in [-0.05, 0) is 30.7 Å². The molecule has 0 saturated heterocycles. The van der Waals surface area contributed by atoms with Gasteiger partial charge in [-0.3, -0.25) is 10.1 Å². The van der Waals surface area contributed by atoms with E-state index in [1.165, 1.54) is 12.1 Å². The third-order valence-electron chi connectivity index (χ3n) is 3.14. The maximum atomic E-state index is 10.7. The highest BCUT2D eigenvalue weighted by molar-refractivity contribution is 5.62. The Bertz CT molecular complexity index is 705. The molecule has 0 saturated carbocycles. The number of nitrogen functional groups attached to an aromatic ring is 1. The Morgan fingerprint density at radius 2 is 1.95 bits per heavy atom. The van der Waals surface area contributed by atoms with E-state index < -0.39 is 4.92 Å². The van der Waals surface area contributed by atoms with Crippen LogP contribution in [0.1, 0.15) is 24.1 Å². The van der Waals surface area contributed by atoms with Crippen molar-refractivity contribution in [1.82, 2.24) is 0 Å². The first-order chi connectivity index (χ1) is 10.0. The summed E-state index contributed by atoms with van der Waals surface area (Å²) in [5.74, 6) is 0. The van der Waals surface area contributed by atoms with Crippen LogP contribution in [-0.2, 0) is 0 Å². The van der Waals surface area contributed by atoms with Gasteiger partial charge in [0.15, 0.2) is 0 Å². The summed E-state index contributed by atoms with van der Waals surface area (Å²) in [4.78, 5) is 10.2. The molecule has 0 fully saturated rings. The van der Waals surface area contributed by atoms with Crippen molar-refractivity contribution >= 4 is 17.1 Å². The van der Waals surface area contributed by atoms with E-state index in [0.29, 0.717) is 11.4 Å². The molecule has 6 nitrogen and oxygen atoms in total. The van der Waals surface area contributed by atoms with Crippen LogP contribution >= 0.6 is 0 Å². The lowest BCUT2D eigenvalue weighted by atomic mass is 10.1. The van der Waals surface area contributed by atoms with E-state index in [1.54, 1.807) is 18.2 Å². The second-order valence-electron chi connectivity index (χ2n) is 4.63. The molecule has 21 heavy (non-hydrogen) atoms. The van der Waals surface area contributed by atoms with Crippen LogP contribution in [-0.4, -0.2) is 4.92 Å². The predicted molar refractivity (Wildman–Crippen MR) is 80.7 cm³/mol. The number of nitrogens with zero attached hydrogens (tertiary/aromatic N) is 2. The van der Waals surface area contributed by atoms with Crippen LogP contribution in [0, 0.1) is 21.4 Å². The monoisotopic (exact) mass is 282 g/mol. The number of nitriles is 1. The van der Waals surface area contributed by atoms with Gasteiger partial charge < -0.3 is 11.1 Å². The predicted octanol–water partition coefficient (Wildman–Crippen LogP) is 3.22.